The van der Waals surface area contributed by atoms with E-state index in [1.165, 1.54) is 33.8 Å². The van der Waals surface area contributed by atoms with E-state index in [2.05, 4.69) is 83.8 Å². The number of pyridine rings is 1. The number of nitrogens with zero attached hydrogens (tertiary/aromatic N) is 4. The molecule has 0 radical (unpaired) electrons. The fraction of sp³-hybridized carbons (Fsp3) is 0.429. The molecule has 4 heterocycles. The summed E-state index contributed by atoms with van der Waals surface area (Å²) in [5, 5.41) is 4.42. The summed E-state index contributed by atoms with van der Waals surface area (Å²) in [6.45, 7) is 14.2. The Bertz CT molecular complexity index is 1200. The van der Waals surface area contributed by atoms with Gasteiger partial charge in [0.25, 0.3) is 0 Å². The Kier molecular flexibility index (Phi) is 6.91. The molecule has 2 saturated heterocycles. The van der Waals surface area contributed by atoms with Crippen molar-refractivity contribution in [2.75, 3.05) is 39.4 Å². The van der Waals surface area contributed by atoms with Gasteiger partial charge in [-0.2, -0.15) is 0 Å². The zero-order valence-electron chi connectivity index (χ0n) is 21.1. The molecule has 2 aliphatic rings. The molecule has 35 heavy (non-hydrogen) atoms. The van der Waals surface area contributed by atoms with Crippen molar-refractivity contribution in [2.45, 2.75) is 39.8 Å². The lowest BCUT2D eigenvalue weighted by Gasteiger charge is -2.32. The van der Waals surface area contributed by atoms with E-state index in [4.69, 9.17) is 21.9 Å². The summed E-state index contributed by atoms with van der Waals surface area (Å²) in [4.78, 5) is 9.56. The third-order valence-electron chi connectivity index (χ3n) is 7.56. The van der Waals surface area contributed by atoms with Crippen molar-refractivity contribution in [3.8, 4) is 5.69 Å². The number of benzene rings is 1. The third kappa shape index (κ3) is 4.60. The van der Waals surface area contributed by atoms with Gasteiger partial charge in [-0.25, -0.2) is 0 Å². The summed E-state index contributed by atoms with van der Waals surface area (Å²) < 4.78 is 7.94. The number of thiocarbonyl (C=S) groups is 1. The molecule has 184 valence electrons. The molecule has 7 heteroatoms. The minimum Gasteiger partial charge on any atom is -0.379 e. The molecule has 5 rings (SSSR count). The first-order chi connectivity index (χ1) is 17.0. The maximum Gasteiger partial charge on any atom is 0.170 e. The number of morpholine rings is 1. The van der Waals surface area contributed by atoms with Gasteiger partial charge in [0.2, 0.25) is 0 Å². The number of aryl methyl sites for hydroxylation is 2. The SMILES string of the molecule is Cc1cccc(-n2c(C)cc([C@H]3[C@@H](c4ccccn4)NC(=S)N3CCN3CCOCC3)c2C)c1C. The van der Waals surface area contributed by atoms with Gasteiger partial charge < -0.3 is 19.5 Å². The minimum atomic E-state index is 0.000876. The first-order valence-electron chi connectivity index (χ1n) is 12.5. The second-order valence-corrected chi connectivity index (χ2v) is 10.0. The number of hydrogen-bond acceptors (Lipinski definition) is 4. The summed E-state index contributed by atoms with van der Waals surface area (Å²) in [7, 11) is 0. The van der Waals surface area contributed by atoms with Gasteiger partial charge in [-0.1, -0.05) is 18.2 Å². The van der Waals surface area contributed by atoms with Crippen LogP contribution in [-0.4, -0.2) is 63.9 Å². The van der Waals surface area contributed by atoms with Crippen LogP contribution in [0.25, 0.3) is 5.69 Å². The second kappa shape index (κ2) is 10.1. The lowest BCUT2D eigenvalue weighted by atomic mass is 9.96. The topological polar surface area (TPSA) is 45.6 Å². The Morgan fingerprint density at radius 1 is 1.03 bits per heavy atom. The summed E-state index contributed by atoms with van der Waals surface area (Å²) >= 11 is 5.91. The van der Waals surface area contributed by atoms with Crippen LogP contribution in [0.4, 0.5) is 0 Å². The number of rotatable bonds is 6. The van der Waals surface area contributed by atoms with Crippen LogP contribution in [0.5, 0.6) is 0 Å². The number of ether oxygens (including phenoxy) is 1. The van der Waals surface area contributed by atoms with Crippen LogP contribution >= 0.6 is 12.2 Å². The summed E-state index contributed by atoms with van der Waals surface area (Å²) in [5.74, 6) is 0. The van der Waals surface area contributed by atoms with Crippen LogP contribution < -0.4 is 5.32 Å². The van der Waals surface area contributed by atoms with E-state index in [0.29, 0.717) is 0 Å². The maximum absolute atomic E-state index is 5.91. The van der Waals surface area contributed by atoms with E-state index in [1.54, 1.807) is 0 Å². The van der Waals surface area contributed by atoms with E-state index in [0.717, 1.165) is 50.2 Å². The highest BCUT2D eigenvalue weighted by Crippen LogP contribution is 2.41. The highest BCUT2D eigenvalue weighted by Gasteiger charge is 2.41. The molecule has 2 fully saturated rings. The Morgan fingerprint density at radius 2 is 1.83 bits per heavy atom. The summed E-state index contributed by atoms with van der Waals surface area (Å²) in [5.41, 5.74) is 8.67. The largest absolute Gasteiger partial charge is 0.379 e. The molecule has 3 aromatic rings. The molecule has 1 N–H and O–H groups in total. The number of nitrogens with one attached hydrogen (secondary N) is 1. The number of hydrogen-bond donors (Lipinski definition) is 1. The molecule has 0 unspecified atom stereocenters. The standard InChI is InChI=1S/C28H35N5OS/c1-19-8-7-10-25(21(19)3)33-20(2)18-23(22(33)4)27-26(24-9-5-6-11-29-24)30-28(35)32(27)13-12-31-14-16-34-17-15-31/h5-11,18,26-27H,12-17H2,1-4H3,(H,30,35)/t26-,27+/m1/s1. The van der Waals surface area contributed by atoms with Crippen molar-refractivity contribution in [1.29, 1.82) is 0 Å². The van der Waals surface area contributed by atoms with Crippen molar-refractivity contribution in [3.63, 3.8) is 0 Å². The summed E-state index contributed by atoms with van der Waals surface area (Å²) in [6.07, 6.45) is 1.87. The smallest absolute Gasteiger partial charge is 0.170 e. The lowest BCUT2D eigenvalue weighted by Crippen LogP contribution is -2.42. The molecule has 0 amide bonds. The van der Waals surface area contributed by atoms with Crippen molar-refractivity contribution < 1.29 is 4.74 Å². The Balaban J connectivity index is 1.55. The van der Waals surface area contributed by atoms with Gasteiger partial charge in [0, 0.05) is 49.5 Å². The van der Waals surface area contributed by atoms with Gasteiger partial charge in [-0.15, -0.1) is 0 Å². The monoisotopic (exact) mass is 489 g/mol. The molecule has 0 aliphatic carbocycles. The van der Waals surface area contributed by atoms with Crippen LogP contribution in [0, 0.1) is 27.7 Å². The van der Waals surface area contributed by atoms with Gasteiger partial charge in [0.1, 0.15) is 0 Å². The normalized spacial score (nSPS) is 20.9. The molecular weight excluding hydrogens is 454 g/mol. The van der Waals surface area contributed by atoms with E-state index in [9.17, 15) is 0 Å². The molecule has 0 bridgehead atoms. The molecule has 0 spiro atoms. The molecule has 6 nitrogen and oxygen atoms in total. The third-order valence-corrected chi connectivity index (χ3v) is 7.92. The van der Waals surface area contributed by atoms with Crippen molar-refractivity contribution >= 4 is 17.3 Å². The van der Waals surface area contributed by atoms with Gasteiger partial charge in [0.15, 0.2) is 5.11 Å². The van der Waals surface area contributed by atoms with Crippen LogP contribution in [0.2, 0.25) is 0 Å². The predicted octanol–water partition coefficient (Wildman–Crippen LogP) is 4.41. The van der Waals surface area contributed by atoms with Crippen molar-refractivity contribution in [1.82, 2.24) is 24.7 Å². The van der Waals surface area contributed by atoms with Gasteiger partial charge in [-0.3, -0.25) is 9.88 Å². The van der Waals surface area contributed by atoms with Gasteiger partial charge >= 0.3 is 0 Å². The molecule has 2 atom stereocenters. The molecule has 2 aromatic heterocycles. The molecule has 1 aromatic carbocycles. The van der Waals surface area contributed by atoms with E-state index >= 15 is 0 Å². The van der Waals surface area contributed by atoms with Crippen molar-refractivity contribution in [2.24, 2.45) is 0 Å². The van der Waals surface area contributed by atoms with Gasteiger partial charge in [0.05, 0.1) is 31.0 Å². The quantitative estimate of drug-likeness (QED) is 0.518. The first-order valence-corrected chi connectivity index (χ1v) is 12.9. The summed E-state index contributed by atoms with van der Waals surface area (Å²) in [6, 6.07) is 15.1. The fourth-order valence-corrected chi connectivity index (χ4v) is 5.83. The average molecular weight is 490 g/mol. The van der Waals surface area contributed by atoms with E-state index < -0.39 is 0 Å². The highest BCUT2D eigenvalue weighted by molar-refractivity contribution is 7.80. The molecular formula is C28H35N5OS. The Hall–Kier alpha value is -2.74. The van der Waals surface area contributed by atoms with Crippen LogP contribution in [0.3, 0.4) is 0 Å². The zero-order valence-corrected chi connectivity index (χ0v) is 21.9. The van der Waals surface area contributed by atoms with E-state index in [-0.39, 0.29) is 12.1 Å². The average Bonchev–Trinajstić information content (AvgIpc) is 3.35. The Morgan fingerprint density at radius 3 is 2.57 bits per heavy atom. The van der Waals surface area contributed by atoms with Crippen LogP contribution in [0.15, 0.2) is 48.7 Å². The predicted molar refractivity (Wildman–Crippen MR) is 144 cm³/mol. The Labute approximate surface area is 213 Å². The van der Waals surface area contributed by atoms with E-state index in [1.807, 2.05) is 12.3 Å². The maximum atomic E-state index is 5.91. The van der Waals surface area contributed by atoms with Crippen molar-refractivity contribution in [3.05, 3.63) is 82.4 Å². The van der Waals surface area contributed by atoms with Gasteiger partial charge in [-0.05, 0) is 80.9 Å². The minimum absolute atomic E-state index is 0.000876. The molecule has 2 aliphatic heterocycles. The second-order valence-electron chi connectivity index (χ2n) is 9.65. The zero-order chi connectivity index (χ0) is 24.5. The number of aromatic nitrogens is 2. The molecule has 0 saturated carbocycles. The fourth-order valence-electron chi connectivity index (χ4n) is 5.49. The highest BCUT2D eigenvalue weighted by atomic mass is 32.1. The lowest BCUT2D eigenvalue weighted by molar-refractivity contribution is 0.0350. The van der Waals surface area contributed by atoms with Crippen LogP contribution in [0.1, 0.15) is 45.9 Å². The van der Waals surface area contributed by atoms with Crippen LogP contribution in [-0.2, 0) is 4.74 Å². The first kappa shape index (κ1) is 24.0.